The fourth-order valence-electron chi connectivity index (χ4n) is 3.95. The minimum absolute atomic E-state index is 0.103. The second kappa shape index (κ2) is 8.99. The summed E-state index contributed by atoms with van der Waals surface area (Å²) in [5.74, 6) is 1.47. The van der Waals surface area contributed by atoms with Crippen molar-refractivity contribution in [2.45, 2.75) is 63.5 Å². The molecule has 1 saturated heterocycles. The van der Waals surface area contributed by atoms with E-state index in [9.17, 15) is 5.11 Å². The van der Waals surface area contributed by atoms with Crippen LogP contribution in [0.1, 0.15) is 51.9 Å². The van der Waals surface area contributed by atoms with E-state index in [-0.39, 0.29) is 18.2 Å². The van der Waals surface area contributed by atoms with Crippen LogP contribution in [0.25, 0.3) is 0 Å². The minimum atomic E-state index is -0.364. The number of aliphatic hydroxyl groups excluding tert-OH is 1. The van der Waals surface area contributed by atoms with Crippen LogP contribution >= 0.6 is 0 Å². The van der Waals surface area contributed by atoms with Crippen molar-refractivity contribution in [3.63, 3.8) is 0 Å². The Labute approximate surface area is 138 Å². The molecule has 3 N–H and O–H groups in total. The maximum absolute atomic E-state index is 9.37. The second-order valence-electron chi connectivity index (χ2n) is 6.90. The fraction of sp³-hybridized carbons (Fsp3) is 0.882. The summed E-state index contributed by atoms with van der Waals surface area (Å²) in [6, 6.07) is 0.205. The van der Waals surface area contributed by atoms with Gasteiger partial charge in [0.2, 0.25) is 0 Å². The van der Waals surface area contributed by atoms with E-state index in [1.54, 1.807) is 7.11 Å². The number of hydrogen-bond donors (Lipinski definition) is 3. The highest BCUT2D eigenvalue weighted by atomic mass is 17.1. The van der Waals surface area contributed by atoms with Crippen molar-refractivity contribution in [3.05, 3.63) is 11.8 Å². The van der Waals surface area contributed by atoms with Gasteiger partial charge in [0, 0.05) is 45.6 Å². The summed E-state index contributed by atoms with van der Waals surface area (Å²) in [5.41, 5.74) is 2.82. The zero-order valence-corrected chi connectivity index (χ0v) is 14.3. The van der Waals surface area contributed by atoms with Crippen molar-refractivity contribution in [2.24, 2.45) is 11.8 Å². The first-order valence-electron chi connectivity index (χ1n) is 8.71. The van der Waals surface area contributed by atoms with E-state index in [2.05, 4.69) is 23.4 Å². The molecule has 0 saturated carbocycles. The Morgan fingerprint density at radius 3 is 2.91 bits per heavy atom. The molecule has 134 valence electrons. The smallest absolute Gasteiger partial charge is 0.138 e. The Kier molecular flexibility index (Phi) is 7.30. The van der Waals surface area contributed by atoms with Gasteiger partial charge in [0.1, 0.15) is 5.76 Å². The van der Waals surface area contributed by atoms with Crippen molar-refractivity contribution in [1.29, 1.82) is 0 Å². The van der Waals surface area contributed by atoms with Gasteiger partial charge in [0.05, 0.1) is 5.60 Å². The standard InChI is InChI=1S/C17H31NO5/c1-3-4-13-9-14(11-15(10-13)22-20)16-12-17(5-7-19,23-18-16)6-8-21-2/h10,13-14,16,18-20H,3-9,11-12H2,1-2H3/t13-,14?,16?,17?/m0/s1. The molecule has 0 aromatic rings. The van der Waals surface area contributed by atoms with Gasteiger partial charge in [-0.3, -0.25) is 4.84 Å². The van der Waals surface area contributed by atoms with Gasteiger partial charge >= 0.3 is 0 Å². The quantitative estimate of drug-likeness (QED) is 0.446. The molecular formula is C17H31NO5. The van der Waals surface area contributed by atoms with E-state index in [1.807, 2.05) is 0 Å². The topological polar surface area (TPSA) is 80.2 Å². The molecule has 0 bridgehead atoms. The van der Waals surface area contributed by atoms with E-state index in [1.165, 1.54) is 0 Å². The van der Waals surface area contributed by atoms with Gasteiger partial charge in [-0.25, -0.2) is 5.26 Å². The number of ether oxygens (including phenoxy) is 1. The highest BCUT2D eigenvalue weighted by Gasteiger charge is 2.44. The number of nitrogens with one attached hydrogen (secondary N) is 1. The maximum atomic E-state index is 9.37. The van der Waals surface area contributed by atoms with Crippen molar-refractivity contribution in [3.8, 4) is 0 Å². The van der Waals surface area contributed by atoms with E-state index in [0.29, 0.717) is 30.6 Å². The molecule has 0 aromatic carbocycles. The first kappa shape index (κ1) is 18.7. The van der Waals surface area contributed by atoms with E-state index in [0.717, 1.165) is 38.5 Å². The lowest BCUT2D eigenvalue weighted by Crippen LogP contribution is -2.33. The molecule has 1 heterocycles. The predicted molar refractivity (Wildman–Crippen MR) is 86.5 cm³/mol. The number of hydroxylamine groups is 1. The molecular weight excluding hydrogens is 298 g/mol. The van der Waals surface area contributed by atoms with E-state index < -0.39 is 0 Å². The average Bonchev–Trinajstić information content (AvgIpc) is 2.98. The summed E-state index contributed by atoms with van der Waals surface area (Å²) in [7, 11) is 1.68. The van der Waals surface area contributed by atoms with Gasteiger partial charge in [0.15, 0.2) is 0 Å². The highest BCUT2D eigenvalue weighted by Crippen LogP contribution is 2.40. The predicted octanol–water partition coefficient (Wildman–Crippen LogP) is 2.64. The minimum Gasteiger partial charge on any atom is -0.396 e. The Balaban J connectivity index is 2.00. The highest BCUT2D eigenvalue weighted by molar-refractivity contribution is 5.06. The van der Waals surface area contributed by atoms with Gasteiger partial charge < -0.3 is 14.7 Å². The van der Waals surface area contributed by atoms with E-state index >= 15 is 0 Å². The van der Waals surface area contributed by atoms with Crippen LogP contribution in [0.5, 0.6) is 0 Å². The van der Waals surface area contributed by atoms with Crippen LogP contribution in [-0.4, -0.2) is 42.3 Å². The maximum Gasteiger partial charge on any atom is 0.138 e. The Morgan fingerprint density at radius 2 is 2.26 bits per heavy atom. The Bertz CT molecular complexity index is 389. The molecule has 2 rings (SSSR count). The van der Waals surface area contributed by atoms with Crippen molar-refractivity contribution >= 4 is 0 Å². The van der Waals surface area contributed by atoms with Crippen LogP contribution in [0, 0.1) is 11.8 Å². The number of allylic oxidation sites excluding steroid dienone is 2. The van der Waals surface area contributed by atoms with Gasteiger partial charge in [0.25, 0.3) is 0 Å². The number of hydrogen-bond acceptors (Lipinski definition) is 6. The molecule has 6 nitrogen and oxygen atoms in total. The molecule has 23 heavy (non-hydrogen) atoms. The Morgan fingerprint density at radius 1 is 1.43 bits per heavy atom. The largest absolute Gasteiger partial charge is 0.396 e. The molecule has 4 atom stereocenters. The van der Waals surface area contributed by atoms with Gasteiger partial charge in [-0.15, -0.1) is 0 Å². The Hall–Kier alpha value is -0.660. The van der Waals surface area contributed by atoms with Crippen molar-refractivity contribution in [2.75, 3.05) is 20.3 Å². The lowest BCUT2D eigenvalue weighted by atomic mass is 9.76. The first-order valence-corrected chi connectivity index (χ1v) is 8.71. The fourth-order valence-corrected chi connectivity index (χ4v) is 3.95. The van der Waals surface area contributed by atoms with Crippen LogP contribution in [0.4, 0.5) is 0 Å². The van der Waals surface area contributed by atoms with Crippen molar-refractivity contribution < 1.29 is 24.8 Å². The number of aliphatic hydroxyl groups is 1. The summed E-state index contributed by atoms with van der Waals surface area (Å²) in [6.07, 6.45) is 8.27. The third-order valence-electron chi connectivity index (χ3n) is 5.18. The average molecular weight is 329 g/mol. The van der Waals surface area contributed by atoms with Crippen molar-refractivity contribution in [1.82, 2.24) is 5.48 Å². The van der Waals surface area contributed by atoms with Crippen LogP contribution in [0.3, 0.4) is 0 Å². The summed E-state index contributed by atoms with van der Waals surface area (Å²) < 4.78 is 5.19. The second-order valence-corrected chi connectivity index (χ2v) is 6.90. The van der Waals surface area contributed by atoms with E-state index in [4.69, 9.17) is 14.8 Å². The molecule has 0 spiro atoms. The van der Waals surface area contributed by atoms with Crippen LogP contribution in [0.2, 0.25) is 0 Å². The summed E-state index contributed by atoms with van der Waals surface area (Å²) >= 11 is 0. The van der Waals surface area contributed by atoms with Crippen LogP contribution in [-0.2, 0) is 14.5 Å². The van der Waals surface area contributed by atoms with Crippen LogP contribution < -0.4 is 5.48 Å². The summed E-state index contributed by atoms with van der Waals surface area (Å²) in [4.78, 5) is 10.5. The number of rotatable bonds is 9. The van der Waals surface area contributed by atoms with Crippen LogP contribution in [0.15, 0.2) is 11.8 Å². The zero-order valence-electron chi connectivity index (χ0n) is 14.3. The third-order valence-corrected chi connectivity index (χ3v) is 5.18. The molecule has 0 radical (unpaired) electrons. The van der Waals surface area contributed by atoms with Gasteiger partial charge in [-0.1, -0.05) is 13.3 Å². The molecule has 1 aliphatic heterocycles. The molecule has 2 aliphatic rings. The lowest BCUT2D eigenvalue weighted by molar-refractivity contribution is -0.209. The zero-order chi connectivity index (χ0) is 16.7. The molecule has 1 aliphatic carbocycles. The molecule has 0 amide bonds. The number of methoxy groups -OCH3 is 1. The first-order chi connectivity index (χ1) is 11.2. The monoisotopic (exact) mass is 329 g/mol. The molecule has 0 aromatic heterocycles. The molecule has 1 fully saturated rings. The molecule has 6 heteroatoms. The van der Waals surface area contributed by atoms with Gasteiger partial charge in [-0.2, -0.15) is 5.48 Å². The lowest BCUT2D eigenvalue weighted by Gasteiger charge is -2.31. The normalized spacial score (nSPS) is 34.4. The third kappa shape index (κ3) is 4.90. The SMILES string of the molecule is CCC[C@@H]1C=C(OO)CC(C2CC(CCO)(CCOC)ON2)C1. The summed E-state index contributed by atoms with van der Waals surface area (Å²) in [5, 5.41) is 18.4. The molecule has 3 unspecified atom stereocenters. The van der Waals surface area contributed by atoms with Gasteiger partial charge in [-0.05, 0) is 37.2 Å². The summed E-state index contributed by atoms with van der Waals surface area (Å²) in [6.45, 7) is 2.89.